The van der Waals surface area contributed by atoms with Gasteiger partial charge in [0.05, 0.1) is 30.2 Å². The fraction of sp³-hybridized carbons (Fsp3) is 0.171. The molecular weight excluding hydrogens is 586 g/mol. The summed E-state index contributed by atoms with van der Waals surface area (Å²) in [5.74, 6) is 1.76. The van der Waals surface area contributed by atoms with E-state index in [0.717, 1.165) is 40.6 Å². The van der Waals surface area contributed by atoms with Crippen molar-refractivity contribution in [2.24, 2.45) is 0 Å². The summed E-state index contributed by atoms with van der Waals surface area (Å²) in [7, 11) is -3.44. The van der Waals surface area contributed by atoms with Gasteiger partial charge in [0.2, 0.25) is 15.9 Å². The number of rotatable bonds is 13. The Balaban J connectivity index is 1.30. The normalized spacial score (nSPS) is 11.0. The molecule has 0 bridgehead atoms. The van der Waals surface area contributed by atoms with Crippen LogP contribution in [0.2, 0.25) is 0 Å². The Hall–Kier alpha value is -5.40. The van der Waals surface area contributed by atoms with Crippen molar-refractivity contribution < 1.29 is 17.9 Å². The highest BCUT2D eigenvalue weighted by Gasteiger charge is 2.15. The molecule has 2 aromatic heterocycles. The predicted octanol–water partition coefficient (Wildman–Crippen LogP) is 6.65. The first-order valence-corrected chi connectivity index (χ1v) is 16.2. The molecule has 0 saturated carbocycles. The summed E-state index contributed by atoms with van der Waals surface area (Å²) in [6.07, 6.45) is 7.08. The third-order valence-corrected chi connectivity index (χ3v) is 7.59. The van der Waals surface area contributed by atoms with Crippen LogP contribution < -0.4 is 19.1 Å². The molecule has 45 heavy (non-hydrogen) atoms. The molecular formula is C35H33N5O4S. The molecule has 0 radical (unpaired) electrons. The lowest BCUT2D eigenvalue weighted by molar-refractivity contribution is 0.307. The predicted molar refractivity (Wildman–Crippen MR) is 175 cm³/mol. The standard InChI is InChI=1S/C35H33N5O4S/c1-26-33(39-45(2,41)42)6-3-7-34(26)40(24-29-10-8-27(22-36)9-11-29)25-30-12-14-31(15-13-30)44-32-16-19-38-35(21-32)43-20-17-28-5-4-18-37-23-28/h3-16,18-19,21,23,39H,17,20,24-25H2,1-2H3. The molecule has 0 atom stereocenters. The Labute approximate surface area is 263 Å². The third kappa shape index (κ3) is 9.05. The third-order valence-electron chi connectivity index (χ3n) is 7.00. The molecule has 0 amide bonds. The molecule has 5 rings (SSSR count). The molecule has 5 aromatic rings. The lowest BCUT2D eigenvalue weighted by Crippen LogP contribution is -2.23. The van der Waals surface area contributed by atoms with E-state index in [-0.39, 0.29) is 0 Å². The molecule has 0 fully saturated rings. The fourth-order valence-electron chi connectivity index (χ4n) is 4.78. The molecule has 3 aromatic carbocycles. The SMILES string of the molecule is Cc1c(NS(C)(=O)=O)cccc1N(Cc1ccc(C#N)cc1)Cc1ccc(Oc2ccnc(OCCc3cccnc3)c2)cc1. The fourth-order valence-corrected chi connectivity index (χ4v) is 5.40. The summed E-state index contributed by atoms with van der Waals surface area (Å²) in [5, 5.41) is 9.21. The minimum atomic E-state index is -3.44. The van der Waals surface area contributed by atoms with E-state index < -0.39 is 10.0 Å². The Morgan fingerprint density at radius 3 is 2.27 bits per heavy atom. The molecule has 0 unspecified atom stereocenters. The van der Waals surface area contributed by atoms with Gasteiger partial charge in [-0.2, -0.15) is 5.26 Å². The van der Waals surface area contributed by atoms with Gasteiger partial charge in [0, 0.05) is 49.9 Å². The summed E-state index contributed by atoms with van der Waals surface area (Å²) in [6.45, 7) is 3.47. The molecule has 10 heteroatoms. The van der Waals surface area contributed by atoms with Crippen LogP contribution in [-0.2, 0) is 29.5 Å². The number of pyridine rings is 2. The number of nitrogens with zero attached hydrogens (tertiary/aromatic N) is 4. The highest BCUT2D eigenvalue weighted by Crippen LogP contribution is 2.31. The summed E-state index contributed by atoms with van der Waals surface area (Å²) in [5.41, 5.74) is 5.97. The van der Waals surface area contributed by atoms with Crippen LogP contribution in [-0.4, -0.2) is 31.2 Å². The largest absolute Gasteiger partial charge is 0.477 e. The number of nitriles is 1. The molecule has 2 heterocycles. The zero-order chi connectivity index (χ0) is 31.6. The molecule has 0 saturated heterocycles. The van der Waals surface area contributed by atoms with Crippen LogP contribution in [0, 0.1) is 18.3 Å². The van der Waals surface area contributed by atoms with Crippen molar-refractivity contribution in [2.75, 3.05) is 22.5 Å². The highest BCUT2D eigenvalue weighted by atomic mass is 32.2. The summed E-state index contributed by atoms with van der Waals surface area (Å²) < 4.78 is 38.5. The topological polar surface area (TPSA) is 117 Å². The van der Waals surface area contributed by atoms with E-state index in [4.69, 9.17) is 9.47 Å². The smallest absolute Gasteiger partial charge is 0.229 e. The van der Waals surface area contributed by atoms with Crippen LogP contribution in [0.4, 0.5) is 11.4 Å². The van der Waals surface area contributed by atoms with E-state index in [1.54, 1.807) is 42.7 Å². The minimum absolute atomic E-state index is 0.475. The zero-order valence-corrected chi connectivity index (χ0v) is 25.9. The highest BCUT2D eigenvalue weighted by molar-refractivity contribution is 7.92. The van der Waals surface area contributed by atoms with E-state index in [2.05, 4.69) is 25.7 Å². The maximum absolute atomic E-state index is 12.0. The average Bonchev–Trinajstić information content (AvgIpc) is 3.03. The van der Waals surface area contributed by atoms with Crippen molar-refractivity contribution in [1.82, 2.24) is 9.97 Å². The molecule has 0 aliphatic carbocycles. The first-order valence-electron chi connectivity index (χ1n) is 14.3. The molecule has 0 aliphatic heterocycles. The van der Waals surface area contributed by atoms with Crippen LogP contribution >= 0.6 is 0 Å². The van der Waals surface area contributed by atoms with Gasteiger partial charge in [0.1, 0.15) is 11.5 Å². The summed E-state index contributed by atoms with van der Waals surface area (Å²) in [6, 6.07) is 30.4. The van der Waals surface area contributed by atoms with Crippen LogP contribution in [0.25, 0.3) is 0 Å². The van der Waals surface area contributed by atoms with Crippen LogP contribution in [0.1, 0.15) is 27.8 Å². The lowest BCUT2D eigenvalue weighted by Gasteiger charge is -2.28. The van der Waals surface area contributed by atoms with Gasteiger partial charge >= 0.3 is 0 Å². The second kappa shape index (κ2) is 14.4. The number of anilines is 2. The number of hydrogen-bond acceptors (Lipinski definition) is 8. The van der Waals surface area contributed by atoms with Crippen molar-refractivity contribution in [3.05, 3.63) is 137 Å². The molecule has 0 aliphatic rings. The number of ether oxygens (including phenoxy) is 2. The number of hydrogen-bond donors (Lipinski definition) is 1. The molecule has 9 nitrogen and oxygen atoms in total. The maximum Gasteiger partial charge on any atom is 0.229 e. The van der Waals surface area contributed by atoms with E-state index >= 15 is 0 Å². The first-order chi connectivity index (χ1) is 21.8. The number of sulfonamides is 1. The number of aromatic nitrogens is 2. The van der Waals surface area contributed by atoms with Crippen molar-refractivity contribution in [2.45, 2.75) is 26.4 Å². The molecule has 1 N–H and O–H groups in total. The van der Waals surface area contributed by atoms with Gasteiger partial charge in [-0.25, -0.2) is 13.4 Å². The van der Waals surface area contributed by atoms with Gasteiger partial charge in [0.15, 0.2) is 0 Å². The van der Waals surface area contributed by atoms with Gasteiger partial charge in [-0.3, -0.25) is 9.71 Å². The van der Waals surface area contributed by atoms with E-state index in [9.17, 15) is 13.7 Å². The Bertz CT molecular complexity index is 1880. The van der Waals surface area contributed by atoms with E-state index in [1.165, 1.54) is 0 Å². The van der Waals surface area contributed by atoms with Crippen molar-refractivity contribution in [3.8, 4) is 23.4 Å². The van der Waals surface area contributed by atoms with Crippen molar-refractivity contribution >= 4 is 21.4 Å². The maximum atomic E-state index is 12.0. The van der Waals surface area contributed by atoms with Crippen LogP contribution in [0.15, 0.2) is 110 Å². The van der Waals surface area contributed by atoms with Crippen molar-refractivity contribution in [3.63, 3.8) is 0 Å². The zero-order valence-electron chi connectivity index (χ0n) is 25.1. The van der Waals surface area contributed by atoms with E-state index in [1.807, 2.05) is 73.8 Å². The van der Waals surface area contributed by atoms with Crippen molar-refractivity contribution in [1.29, 1.82) is 5.26 Å². The summed E-state index contributed by atoms with van der Waals surface area (Å²) >= 11 is 0. The van der Waals surface area contributed by atoms with Gasteiger partial charge in [-0.05, 0) is 77.7 Å². The number of benzene rings is 3. The average molecular weight is 620 g/mol. The quantitative estimate of drug-likeness (QED) is 0.156. The Morgan fingerprint density at radius 2 is 1.60 bits per heavy atom. The monoisotopic (exact) mass is 619 g/mol. The second-order valence-electron chi connectivity index (χ2n) is 10.5. The molecule has 228 valence electrons. The number of nitrogens with one attached hydrogen (secondary N) is 1. The van der Waals surface area contributed by atoms with E-state index in [0.29, 0.717) is 48.3 Å². The van der Waals surface area contributed by atoms with Gasteiger partial charge in [0.25, 0.3) is 0 Å². The first kappa shape index (κ1) is 31.0. The van der Waals surface area contributed by atoms with Crippen LogP contribution in [0.5, 0.6) is 17.4 Å². The molecule has 0 spiro atoms. The summed E-state index contributed by atoms with van der Waals surface area (Å²) in [4.78, 5) is 10.6. The Kier molecular flexibility index (Phi) is 9.92. The second-order valence-corrected chi connectivity index (χ2v) is 12.3. The van der Waals surface area contributed by atoms with Gasteiger partial charge in [-0.1, -0.05) is 36.4 Å². The Morgan fingerprint density at radius 1 is 0.867 bits per heavy atom. The van der Waals surface area contributed by atoms with Gasteiger partial charge in [-0.15, -0.1) is 0 Å². The lowest BCUT2D eigenvalue weighted by atomic mass is 10.1. The van der Waals surface area contributed by atoms with Crippen LogP contribution in [0.3, 0.4) is 0 Å². The minimum Gasteiger partial charge on any atom is -0.477 e. The van der Waals surface area contributed by atoms with Gasteiger partial charge < -0.3 is 14.4 Å².